The molecule has 2 atom stereocenters. The quantitative estimate of drug-likeness (QED) is 0.710. The highest BCUT2D eigenvalue weighted by Crippen LogP contribution is 2.30. The summed E-state index contributed by atoms with van der Waals surface area (Å²) in [6, 6.07) is 8.67. The molecule has 0 spiro atoms. The van der Waals surface area contributed by atoms with E-state index in [1.54, 1.807) is 6.92 Å². The van der Waals surface area contributed by atoms with Gasteiger partial charge in [0.1, 0.15) is 12.3 Å². The Labute approximate surface area is 150 Å². The van der Waals surface area contributed by atoms with Crippen LogP contribution in [0.4, 0.5) is 0 Å². The van der Waals surface area contributed by atoms with Crippen LogP contribution in [-0.2, 0) is 17.8 Å². The molecule has 0 radical (unpaired) electrons. The number of rotatable bonds is 9. The van der Waals surface area contributed by atoms with Gasteiger partial charge in [-0.25, -0.2) is 5.10 Å². The number of tetrazole rings is 1. The molecule has 0 aliphatic carbocycles. The minimum atomic E-state index is -0.0642. The molecule has 1 aromatic heterocycles. The number of carbonyl (C=O) groups is 1. The van der Waals surface area contributed by atoms with Crippen LogP contribution in [0.3, 0.4) is 0 Å². The van der Waals surface area contributed by atoms with Crippen molar-refractivity contribution in [2.75, 3.05) is 21.1 Å². The van der Waals surface area contributed by atoms with Crippen LogP contribution in [-0.4, -0.2) is 52.0 Å². The number of carbonyl (C=O) groups excluding carboxylic acids is 1. The second kappa shape index (κ2) is 8.34. The minimum absolute atomic E-state index is 0.0169. The first kappa shape index (κ1) is 19.2. The van der Waals surface area contributed by atoms with Gasteiger partial charge in [0.25, 0.3) is 0 Å². The van der Waals surface area contributed by atoms with E-state index in [1.807, 2.05) is 0 Å². The number of Topliss-reactive ketones (excluding diaryl/α,β-unsaturated/α-hetero) is 1. The van der Waals surface area contributed by atoms with E-state index in [0.29, 0.717) is 5.82 Å². The number of benzene rings is 1. The molecule has 2 rings (SSSR count). The molecule has 1 heterocycles. The summed E-state index contributed by atoms with van der Waals surface area (Å²) in [6.45, 7) is 4.76. The first-order chi connectivity index (χ1) is 11.8. The van der Waals surface area contributed by atoms with Crippen molar-refractivity contribution in [3.8, 4) is 0 Å². The lowest BCUT2D eigenvalue weighted by atomic mass is 9.81. The molecule has 1 N–H and O–H groups in total. The number of aromatic nitrogens is 4. The van der Waals surface area contributed by atoms with Crippen molar-refractivity contribution in [1.82, 2.24) is 20.6 Å². The molecule has 1 aromatic carbocycles. The summed E-state index contributed by atoms with van der Waals surface area (Å²) >= 11 is 0. The SMILES string of the molecule is CCC[C@H](C(C)=O)[C@H](Cc1ccc(C[N+](C)(C)C)cc1)c1nnn[nH]1. The number of nitrogens with zero attached hydrogens (tertiary/aromatic N) is 4. The van der Waals surface area contributed by atoms with E-state index in [-0.39, 0.29) is 17.6 Å². The molecule has 136 valence electrons. The monoisotopic (exact) mass is 344 g/mol. The molecule has 0 unspecified atom stereocenters. The van der Waals surface area contributed by atoms with E-state index >= 15 is 0 Å². The molecule has 0 fully saturated rings. The van der Waals surface area contributed by atoms with Crippen molar-refractivity contribution in [3.05, 3.63) is 41.2 Å². The molecule has 0 saturated heterocycles. The Morgan fingerprint density at radius 2 is 1.80 bits per heavy atom. The number of aromatic amines is 1. The predicted octanol–water partition coefficient (Wildman–Crippen LogP) is 2.74. The molecule has 0 bridgehead atoms. The third-order valence-corrected chi connectivity index (χ3v) is 4.46. The van der Waals surface area contributed by atoms with Crippen molar-refractivity contribution >= 4 is 5.78 Å². The summed E-state index contributed by atoms with van der Waals surface area (Å²) in [5.74, 6) is 0.816. The largest absolute Gasteiger partial charge is 0.327 e. The molecule has 0 saturated carbocycles. The van der Waals surface area contributed by atoms with Gasteiger partial charge in [-0.2, -0.15) is 0 Å². The van der Waals surface area contributed by atoms with Gasteiger partial charge in [0.05, 0.1) is 21.1 Å². The number of quaternary nitrogens is 1. The summed E-state index contributed by atoms with van der Waals surface area (Å²) in [6.07, 6.45) is 2.57. The van der Waals surface area contributed by atoms with Gasteiger partial charge in [-0.1, -0.05) is 37.6 Å². The maximum atomic E-state index is 12.2. The lowest BCUT2D eigenvalue weighted by Crippen LogP contribution is -2.33. The highest BCUT2D eigenvalue weighted by atomic mass is 16.1. The van der Waals surface area contributed by atoms with Crippen LogP contribution >= 0.6 is 0 Å². The van der Waals surface area contributed by atoms with Crippen molar-refractivity contribution in [3.63, 3.8) is 0 Å². The number of hydrogen-bond acceptors (Lipinski definition) is 4. The lowest BCUT2D eigenvalue weighted by Gasteiger charge is -2.24. The minimum Gasteiger partial charge on any atom is -0.327 e. The number of ketones is 1. The zero-order chi connectivity index (χ0) is 18.4. The van der Waals surface area contributed by atoms with Gasteiger partial charge < -0.3 is 4.48 Å². The van der Waals surface area contributed by atoms with Gasteiger partial charge in [-0.05, 0) is 35.8 Å². The zero-order valence-corrected chi connectivity index (χ0v) is 16.0. The van der Waals surface area contributed by atoms with Gasteiger partial charge >= 0.3 is 0 Å². The molecule has 6 nitrogen and oxygen atoms in total. The Hall–Kier alpha value is -2.08. The smallest absolute Gasteiger partial charge is 0.152 e. The second-order valence-corrected chi connectivity index (χ2v) is 7.87. The maximum absolute atomic E-state index is 12.2. The Morgan fingerprint density at radius 1 is 1.16 bits per heavy atom. The normalized spacial score (nSPS) is 14.3. The predicted molar refractivity (Wildman–Crippen MR) is 97.9 cm³/mol. The van der Waals surface area contributed by atoms with Crippen molar-refractivity contribution in [1.29, 1.82) is 0 Å². The number of nitrogens with one attached hydrogen (secondary N) is 1. The average molecular weight is 344 g/mol. The molecule has 0 aliphatic rings. The molecule has 6 heteroatoms. The molecule has 0 aliphatic heterocycles. The fraction of sp³-hybridized carbons (Fsp3) is 0.579. The Balaban J connectivity index is 2.20. The third-order valence-electron chi connectivity index (χ3n) is 4.46. The lowest BCUT2D eigenvalue weighted by molar-refractivity contribution is -0.884. The van der Waals surface area contributed by atoms with Crippen LogP contribution in [0.15, 0.2) is 24.3 Å². The summed E-state index contributed by atoms with van der Waals surface area (Å²) in [5, 5.41) is 14.4. The standard InChI is InChI=1S/C19H30N5O/c1-6-7-17(14(2)25)18(19-20-22-23-21-19)12-15-8-10-16(11-9-15)13-24(3,4)5/h8-11,17-18H,6-7,12-13H2,1-5H3,(H,20,21,22,23)/q+1/t17-,18+/m1/s1. The van der Waals surface area contributed by atoms with E-state index < -0.39 is 0 Å². The van der Waals surface area contributed by atoms with Crippen LogP contribution in [0.5, 0.6) is 0 Å². The maximum Gasteiger partial charge on any atom is 0.152 e. The van der Waals surface area contributed by atoms with E-state index in [2.05, 4.69) is 73.0 Å². The van der Waals surface area contributed by atoms with Gasteiger partial charge in [0.2, 0.25) is 0 Å². The summed E-state index contributed by atoms with van der Waals surface area (Å²) in [4.78, 5) is 12.2. The van der Waals surface area contributed by atoms with Crippen LogP contribution in [0.25, 0.3) is 0 Å². The van der Waals surface area contributed by atoms with Crippen LogP contribution in [0.2, 0.25) is 0 Å². The molecule has 2 aromatic rings. The number of hydrogen-bond donors (Lipinski definition) is 1. The Bertz CT molecular complexity index is 658. The van der Waals surface area contributed by atoms with E-state index in [1.165, 1.54) is 11.1 Å². The average Bonchev–Trinajstić information content (AvgIpc) is 3.05. The Kier molecular flexibility index (Phi) is 6.42. The molecular weight excluding hydrogens is 314 g/mol. The van der Waals surface area contributed by atoms with E-state index in [4.69, 9.17) is 0 Å². The molecular formula is C19H30N5O+. The molecule has 25 heavy (non-hydrogen) atoms. The summed E-state index contributed by atoms with van der Waals surface area (Å²) in [7, 11) is 6.55. The fourth-order valence-electron chi connectivity index (χ4n) is 3.33. The van der Waals surface area contributed by atoms with Gasteiger partial charge in [-0.15, -0.1) is 5.10 Å². The summed E-state index contributed by atoms with van der Waals surface area (Å²) < 4.78 is 0.897. The highest BCUT2D eigenvalue weighted by Gasteiger charge is 2.29. The third kappa shape index (κ3) is 5.74. The van der Waals surface area contributed by atoms with Gasteiger partial charge in [-0.3, -0.25) is 4.79 Å². The van der Waals surface area contributed by atoms with E-state index in [9.17, 15) is 4.79 Å². The second-order valence-electron chi connectivity index (χ2n) is 7.87. The number of H-pyrrole nitrogens is 1. The highest BCUT2D eigenvalue weighted by molar-refractivity contribution is 5.79. The zero-order valence-electron chi connectivity index (χ0n) is 16.0. The van der Waals surface area contributed by atoms with Crippen LogP contribution in [0.1, 0.15) is 49.6 Å². The van der Waals surface area contributed by atoms with Gasteiger partial charge in [0, 0.05) is 17.4 Å². The Morgan fingerprint density at radius 3 is 2.28 bits per heavy atom. The van der Waals surface area contributed by atoms with Crippen molar-refractivity contribution < 1.29 is 9.28 Å². The fourth-order valence-corrected chi connectivity index (χ4v) is 3.33. The van der Waals surface area contributed by atoms with Crippen molar-refractivity contribution in [2.45, 2.75) is 45.6 Å². The first-order valence-electron chi connectivity index (χ1n) is 8.92. The topological polar surface area (TPSA) is 71.5 Å². The van der Waals surface area contributed by atoms with Crippen LogP contribution < -0.4 is 0 Å². The first-order valence-corrected chi connectivity index (χ1v) is 8.92. The van der Waals surface area contributed by atoms with Crippen molar-refractivity contribution in [2.24, 2.45) is 5.92 Å². The van der Waals surface area contributed by atoms with Gasteiger partial charge in [0.15, 0.2) is 5.82 Å². The summed E-state index contributed by atoms with van der Waals surface area (Å²) in [5.41, 5.74) is 2.51. The molecule has 0 amide bonds. The van der Waals surface area contributed by atoms with E-state index in [0.717, 1.165) is 30.3 Å². The van der Waals surface area contributed by atoms with Crippen LogP contribution in [0, 0.1) is 5.92 Å².